The lowest BCUT2D eigenvalue weighted by atomic mass is 10.2. The summed E-state index contributed by atoms with van der Waals surface area (Å²) in [7, 11) is 3.88. The maximum Gasteiger partial charge on any atom is 0.242 e. The van der Waals surface area contributed by atoms with Gasteiger partial charge in [-0.25, -0.2) is 9.97 Å². The summed E-state index contributed by atoms with van der Waals surface area (Å²) >= 11 is 0. The number of amides is 1. The van der Waals surface area contributed by atoms with Crippen molar-refractivity contribution in [3.63, 3.8) is 0 Å². The number of carbonyl (C=O) groups is 1. The Morgan fingerprint density at radius 3 is 2.83 bits per heavy atom. The number of benzene rings is 1. The number of imidazole rings is 1. The van der Waals surface area contributed by atoms with Gasteiger partial charge in [0.05, 0.1) is 35.2 Å². The second-order valence-corrected chi connectivity index (χ2v) is 7.83. The number of aromatic nitrogens is 6. The Morgan fingerprint density at radius 2 is 2.00 bits per heavy atom. The first-order valence-electron chi connectivity index (χ1n) is 9.77. The van der Waals surface area contributed by atoms with Crippen molar-refractivity contribution in [2.75, 3.05) is 11.4 Å². The fourth-order valence-electron chi connectivity index (χ4n) is 4.62. The van der Waals surface area contributed by atoms with E-state index in [2.05, 4.69) is 24.9 Å². The van der Waals surface area contributed by atoms with E-state index in [0.717, 1.165) is 52.1 Å². The molecule has 1 aromatic carbocycles. The van der Waals surface area contributed by atoms with Gasteiger partial charge in [-0.05, 0) is 25.0 Å². The van der Waals surface area contributed by atoms with Crippen LogP contribution < -0.4 is 10.2 Å². The van der Waals surface area contributed by atoms with Gasteiger partial charge < -0.3 is 14.8 Å². The zero-order chi connectivity index (χ0) is 19.7. The molecule has 2 fully saturated rings. The van der Waals surface area contributed by atoms with Crippen molar-refractivity contribution in [2.24, 2.45) is 14.1 Å². The molecule has 9 heteroatoms. The topological polar surface area (TPSA) is 93.8 Å². The maximum atomic E-state index is 12.4. The van der Waals surface area contributed by atoms with Gasteiger partial charge in [0.25, 0.3) is 0 Å². The lowest BCUT2D eigenvalue weighted by molar-refractivity contribution is -0.122. The van der Waals surface area contributed by atoms with E-state index < -0.39 is 0 Å². The molecule has 4 aromatic rings. The highest BCUT2D eigenvalue weighted by molar-refractivity contribution is 6.02. The number of hydrogen-bond acceptors (Lipinski definition) is 6. The van der Waals surface area contributed by atoms with Crippen LogP contribution in [0.1, 0.15) is 12.8 Å². The third-order valence-corrected chi connectivity index (χ3v) is 6.09. The van der Waals surface area contributed by atoms with Crippen LogP contribution in [-0.2, 0) is 18.9 Å². The predicted molar refractivity (Wildman–Crippen MR) is 108 cm³/mol. The summed E-state index contributed by atoms with van der Waals surface area (Å²) in [6.45, 7) is 0.671. The Hall–Kier alpha value is -3.49. The molecule has 2 aliphatic rings. The van der Waals surface area contributed by atoms with Gasteiger partial charge in [-0.3, -0.25) is 14.5 Å². The van der Waals surface area contributed by atoms with E-state index in [0.29, 0.717) is 6.54 Å². The summed E-state index contributed by atoms with van der Waals surface area (Å²) in [6, 6.07) is 4.14. The van der Waals surface area contributed by atoms with Gasteiger partial charge in [-0.1, -0.05) is 0 Å². The van der Waals surface area contributed by atoms with Crippen molar-refractivity contribution >= 4 is 33.9 Å². The number of nitrogens with zero attached hydrogens (tertiary/aromatic N) is 7. The molecule has 5 heterocycles. The summed E-state index contributed by atoms with van der Waals surface area (Å²) in [5.74, 6) is 0.915. The van der Waals surface area contributed by atoms with E-state index >= 15 is 0 Å². The van der Waals surface area contributed by atoms with E-state index in [4.69, 9.17) is 9.97 Å². The van der Waals surface area contributed by atoms with Gasteiger partial charge in [0.2, 0.25) is 11.9 Å². The van der Waals surface area contributed by atoms with Crippen LogP contribution in [0.15, 0.2) is 30.7 Å². The van der Waals surface area contributed by atoms with Crippen LogP contribution in [0.25, 0.3) is 33.3 Å². The summed E-state index contributed by atoms with van der Waals surface area (Å²) in [4.78, 5) is 29.0. The molecule has 0 saturated carbocycles. The van der Waals surface area contributed by atoms with Gasteiger partial charge in [-0.15, -0.1) is 0 Å². The molecule has 9 nitrogen and oxygen atoms in total. The van der Waals surface area contributed by atoms with Crippen LogP contribution in [0.3, 0.4) is 0 Å². The van der Waals surface area contributed by atoms with Crippen molar-refractivity contribution < 1.29 is 4.79 Å². The molecule has 0 radical (unpaired) electrons. The number of nitrogens with one attached hydrogen (secondary N) is 1. The lowest BCUT2D eigenvalue weighted by Crippen LogP contribution is -2.56. The predicted octanol–water partition coefficient (Wildman–Crippen LogP) is 1.38. The van der Waals surface area contributed by atoms with Crippen LogP contribution in [0.4, 0.5) is 5.95 Å². The van der Waals surface area contributed by atoms with E-state index in [1.54, 1.807) is 17.1 Å². The number of anilines is 1. The van der Waals surface area contributed by atoms with Crippen molar-refractivity contribution in [3.8, 4) is 11.3 Å². The molecule has 29 heavy (non-hydrogen) atoms. The standard InChI is InChI=1S/C20H20N8O/c1-26-10-11(7-23-26)14-9-21-13-4-6-15-18(17(13)24-14)25-20(27(15)2)28-12-3-5-16(28)19(29)22-8-12/h4,6-7,9-10,12,16H,3,5,8H2,1-2H3,(H,22,29). The first-order chi connectivity index (χ1) is 14.1. The Kier molecular flexibility index (Phi) is 3.27. The van der Waals surface area contributed by atoms with Gasteiger partial charge in [0.15, 0.2) is 0 Å². The molecule has 2 bridgehead atoms. The molecular formula is C20H20N8O. The van der Waals surface area contributed by atoms with E-state index in [1.165, 1.54) is 0 Å². The van der Waals surface area contributed by atoms with E-state index in [9.17, 15) is 4.79 Å². The number of aryl methyl sites for hydroxylation is 2. The molecule has 1 N–H and O–H groups in total. The largest absolute Gasteiger partial charge is 0.352 e. The van der Waals surface area contributed by atoms with Crippen LogP contribution in [0, 0.1) is 0 Å². The molecular weight excluding hydrogens is 368 g/mol. The van der Waals surface area contributed by atoms with Crippen molar-refractivity contribution in [1.29, 1.82) is 0 Å². The second-order valence-electron chi connectivity index (χ2n) is 7.83. The normalized spacial score (nSPS) is 21.3. The molecule has 2 aliphatic heterocycles. The quantitative estimate of drug-likeness (QED) is 0.558. The fourth-order valence-corrected chi connectivity index (χ4v) is 4.62. The second kappa shape index (κ2) is 5.76. The van der Waals surface area contributed by atoms with E-state index in [-0.39, 0.29) is 18.0 Å². The summed E-state index contributed by atoms with van der Waals surface area (Å²) in [5.41, 5.74) is 5.04. The highest BCUT2D eigenvalue weighted by atomic mass is 16.2. The van der Waals surface area contributed by atoms with Crippen LogP contribution in [0.5, 0.6) is 0 Å². The molecule has 2 atom stereocenters. The average molecular weight is 388 g/mol. The molecule has 146 valence electrons. The Bertz CT molecular complexity index is 1290. The van der Waals surface area contributed by atoms with Crippen molar-refractivity contribution in [1.82, 2.24) is 34.6 Å². The van der Waals surface area contributed by atoms with Gasteiger partial charge in [0.1, 0.15) is 17.1 Å². The molecule has 2 saturated heterocycles. The van der Waals surface area contributed by atoms with Crippen LogP contribution in [-0.4, -0.2) is 53.8 Å². The van der Waals surface area contributed by atoms with Crippen LogP contribution >= 0.6 is 0 Å². The van der Waals surface area contributed by atoms with Gasteiger partial charge in [-0.2, -0.15) is 5.10 Å². The molecule has 1 amide bonds. The average Bonchev–Trinajstić information content (AvgIpc) is 3.39. The van der Waals surface area contributed by atoms with E-state index in [1.807, 2.05) is 32.4 Å². The number of carbonyl (C=O) groups excluding carboxylic acids is 1. The number of fused-ring (bicyclic) bond motifs is 5. The molecule has 2 unspecified atom stereocenters. The summed E-state index contributed by atoms with van der Waals surface area (Å²) in [6.07, 6.45) is 7.34. The SMILES string of the molecule is Cn1cc(-c2cnc3ccc4c(nc(N5C6CCC5C(=O)NC6)n4C)c3n2)cn1. The Labute approximate surface area is 166 Å². The first-order valence-corrected chi connectivity index (χ1v) is 9.77. The Balaban J connectivity index is 1.55. The summed E-state index contributed by atoms with van der Waals surface area (Å²) < 4.78 is 3.81. The number of rotatable bonds is 2. The minimum Gasteiger partial charge on any atom is -0.352 e. The minimum atomic E-state index is -0.146. The highest BCUT2D eigenvalue weighted by Crippen LogP contribution is 2.35. The molecule has 0 spiro atoms. The van der Waals surface area contributed by atoms with Gasteiger partial charge in [0, 0.05) is 32.4 Å². The monoisotopic (exact) mass is 388 g/mol. The third kappa shape index (κ3) is 2.30. The highest BCUT2D eigenvalue weighted by Gasteiger charge is 2.43. The number of piperazine rings is 1. The third-order valence-electron chi connectivity index (χ3n) is 6.09. The van der Waals surface area contributed by atoms with Crippen molar-refractivity contribution in [3.05, 3.63) is 30.7 Å². The van der Waals surface area contributed by atoms with Crippen LogP contribution in [0.2, 0.25) is 0 Å². The Morgan fingerprint density at radius 1 is 1.10 bits per heavy atom. The fraction of sp³-hybridized carbons (Fsp3) is 0.350. The first kappa shape index (κ1) is 16.5. The zero-order valence-electron chi connectivity index (χ0n) is 16.2. The van der Waals surface area contributed by atoms with Crippen molar-refractivity contribution in [2.45, 2.75) is 24.9 Å². The summed E-state index contributed by atoms with van der Waals surface area (Å²) in [5, 5.41) is 7.24. The minimum absolute atomic E-state index is 0.0920. The number of hydrogen-bond donors (Lipinski definition) is 1. The molecule has 0 aliphatic carbocycles. The zero-order valence-corrected chi connectivity index (χ0v) is 16.2. The lowest BCUT2D eigenvalue weighted by Gasteiger charge is -2.34. The van der Waals surface area contributed by atoms with Gasteiger partial charge >= 0.3 is 0 Å². The molecule has 3 aromatic heterocycles. The smallest absolute Gasteiger partial charge is 0.242 e. The molecule has 6 rings (SSSR count). The maximum absolute atomic E-state index is 12.4.